The molecule has 3 rings (SSSR count). The van der Waals surface area contributed by atoms with Gasteiger partial charge in [-0.2, -0.15) is 4.98 Å². The number of amides is 1. The molecule has 0 unspecified atom stereocenters. The van der Waals surface area contributed by atoms with E-state index in [-0.39, 0.29) is 17.7 Å². The number of carbonyl (C=O) groups excluding carboxylic acids is 1. The van der Waals surface area contributed by atoms with Crippen molar-refractivity contribution < 1.29 is 13.8 Å². The van der Waals surface area contributed by atoms with E-state index in [0.29, 0.717) is 18.9 Å². The molecule has 7 heteroatoms. The lowest BCUT2D eigenvalue weighted by Crippen LogP contribution is -2.42. The van der Waals surface area contributed by atoms with Crippen molar-refractivity contribution in [1.82, 2.24) is 20.2 Å². The highest BCUT2D eigenvalue weighted by atomic mass is 16.5. The van der Waals surface area contributed by atoms with Gasteiger partial charge in [-0.3, -0.25) is 4.79 Å². The van der Waals surface area contributed by atoms with Crippen LogP contribution in [0.4, 0.5) is 0 Å². The summed E-state index contributed by atoms with van der Waals surface area (Å²) in [6, 6.07) is 0. The van der Waals surface area contributed by atoms with Crippen LogP contribution in [0.5, 0.6) is 0 Å². The van der Waals surface area contributed by atoms with Crippen LogP contribution < -0.4 is 0 Å². The molecule has 2 atom stereocenters. The molecular formula is C18H26N4O3. The van der Waals surface area contributed by atoms with Crippen LogP contribution in [-0.4, -0.2) is 39.2 Å². The third kappa shape index (κ3) is 3.75. The fourth-order valence-electron chi connectivity index (χ4n) is 3.46. The van der Waals surface area contributed by atoms with E-state index in [2.05, 4.69) is 15.3 Å². The number of carbonyl (C=O) groups is 1. The summed E-state index contributed by atoms with van der Waals surface area (Å²) in [6.07, 6.45) is 3.34. The minimum atomic E-state index is -0.105. The summed E-state index contributed by atoms with van der Waals surface area (Å²) in [5, 5.41) is 8.06. The summed E-state index contributed by atoms with van der Waals surface area (Å²) < 4.78 is 10.4. The van der Waals surface area contributed by atoms with Crippen LogP contribution in [0.25, 0.3) is 0 Å². The van der Waals surface area contributed by atoms with Crippen LogP contribution in [-0.2, 0) is 17.6 Å². The Labute approximate surface area is 147 Å². The van der Waals surface area contributed by atoms with Gasteiger partial charge in [-0.05, 0) is 33.1 Å². The zero-order valence-electron chi connectivity index (χ0n) is 15.4. The molecule has 0 bridgehead atoms. The number of aromatic nitrogens is 3. The Morgan fingerprint density at radius 1 is 1.32 bits per heavy atom. The summed E-state index contributed by atoms with van der Waals surface area (Å²) in [5.41, 5.74) is 1.91. The topological polar surface area (TPSA) is 85.3 Å². The van der Waals surface area contributed by atoms with Crippen LogP contribution in [0.15, 0.2) is 9.05 Å². The van der Waals surface area contributed by atoms with Gasteiger partial charge < -0.3 is 13.9 Å². The van der Waals surface area contributed by atoms with Crippen molar-refractivity contribution >= 4 is 5.91 Å². The van der Waals surface area contributed by atoms with Crippen molar-refractivity contribution in [2.24, 2.45) is 5.92 Å². The molecule has 1 saturated heterocycles. The van der Waals surface area contributed by atoms with E-state index in [1.807, 2.05) is 32.6 Å². The van der Waals surface area contributed by atoms with E-state index in [9.17, 15) is 4.79 Å². The number of hydrogen-bond donors (Lipinski definition) is 0. The molecular weight excluding hydrogens is 320 g/mol. The molecule has 25 heavy (non-hydrogen) atoms. The van der Waals surface area contributed by atoms with Gasteiger partial charge in [-0.25, -0.2) is 0 Å². The van der Waals surface area contributed by atoms with Crippen LogP contribution in [0, 0.1) is 19.8 Å². The molecule has 1 fully saturated rings. The summed E-state index contributed by atoms with van der Waals surface area (Å²) in [7, 11) is 0. The Bertz CT molecular complexity index is 717. The number of hydrogen-bond acceptors (Lipinski definition) is 6. The molecule has 7 nitrogen and oxygen atoms in total. The van der Waals surface area contributed by atoms with E-state index in [4.69, 9.17) is 9.05 Å². The first kappa shape index (κ1) is 17.6. The lowest BCUT2D eigenvalue weighted by molar-refractivity contribution is -0.136. The molecule has 136 valence electrons. The van der Waals surface area contributed by atoms with Crippen LogP contribution in [0.1, 0.15) is 61.3 Å². The third-order valence-corrected chi connectivity index (χ3v) is 5.00. The number of rotatable bonds is 5. The minimum absolute atomic E-state index is 0.105. The number of piperidine rings is 1. The summed E-state index contributed by atoms with van der Waals surface area (Å²) >= 11 is 0. The van der Waals surface area contributed by atoms with Gasteiger partial charge in [-0.15, -0.1) is 0 Å². The molecule has 2 aromatic heterocycles. The standard InChI is InChI=1S/C18H26N4O3/c1-5-16-19-17(21-25-16)14-7-6-8-22(10-14)18(23)11(2)9-15-12(3)20-24-13(15)4/h11,14H,5-10H2,1-4H3/t11-,14-/m0/s1. The largest absolute Gasteiger partial charge is 0.361 e. The molecule has 0 aromatic carbocycles. The van der Waals surface area contributed by atoms with Crippen molar-refractivity contribution in [3.63, 3.8) is 0 Å². The quantitative estimate of drug-likeness (QED) is 0.827. The Morgan fingerprint density at radius 3 is 2.76 bits per heavy atom. The molecule has 1 aliphatic heterocycles. The van der Waals surface area contributed by atoms with Crippen molar-refractivity contribution in [1.29, 1.82) is 0 Å². The van der Waals surface area contributed by atoms with Crippen LogP contribution in [0.2, 0.25) is 0 Å². The third-order valence-electron chi connectivity index (χ3n) is 5.00. The average Bonchev–Trinajstić information content (AvgIpc) is 3.23. The fraction of sp³-hybridized carbons (Fsp3) is 0.667. The molecule has 0 spiro atoms. The Balaban J connectivity index is 1.65. The Morgan fingerprint density at radius 2 is 2.12 bits per heavy atom. The summed E-state index contributed by atoms with van der Waals surface area (Å²) in [6.45, 7) is 9.23. The van der Waals surface area contributed by atoms with E-state index in [1.165, 1.54) is 0 Å². The Kier molecular flexibility index (Phi) is 5.20. The summed E-state index contributed by atoms with van der Waals surface area (Å²) in [4.78, 5) is 19.3. The second-order valence-corrected chi connectivity index (χ2v) is 6.93. The monoisotopic (exact) mass is 346 g/mol. The molecule has 0 aliphatic carbocycles. The van der Waals surface area contributed by atoms with Gasteiger partial charge in [0.15, 0.2) is 5.82 Å². The highest BCUT2D eigenvalue weighted by molar-refractivity contribution is 5.79. The first-order valence-corrected chi connectivity index (χ1v) is 9.02. The molecule has 0 radical (unpaired) electrons. The van der Waals surface area contributed by atoms with Crippen LogP contribution >= 0.6 is 0 Å². The maximum atomic E-state index is 12.9. The molecule has 2 aromatic rings. The highest BCUT2D eigenvalue weighted by Crippen LogP contribution is 2.27. The molecule has 1 amide bonds. The van der Waals surface area contributed by atoms with Crippen molar-refractivity contribution in [2.75, 3.05) is 13.1 Å². The number of nitrogens with zero attached hydrogens (tertiary/aromatic N) is 4. The predicted octanol–water partition coefficient (Wildman–Crippen LogP) is 2.82. The smallest absolute Gasteiger partial charge is 0.226 e. The van der Waals surface area contributed by atoms with Crippen molar-refractivity contribution in [3.8, 4) is 0 Å². The van der Waals surface area contributed by atoms with Crippen molar-refractivity contribution in [2.45, 2.75) is 59.3 Å². The van der Waals surface area contributed by atoms with Gasteiger partial charge in [0.25, 0.3) is 0 Å². The van der Waals surface area contributed by atoms with E-state index in [1.54, 1.807) is 0 Å². The van der Waals surface area contributed by atoms with Gasteiger partial charge in [0.05, 0.1) is 5.69 Å². The SMILES string of the molecule is CCc1nc([C@H]2CCCN(C(=O)[C@@H](C)Cc3c(C)noc3C)C2)no1. The van der Waals surface area contributed by atoms with Gasteiger partial charge in [0.2, 0.25) is 11.8 Å². The molecule has 0 N–H and O–H groups in total. The van der Waals surface area contributed by atoms with E-state index < -0.39 is 0 Å². The van der Waals surface area contributed by atoms with Gasteiger partial charge >= 0.3 is 0 Å². The molecule has 3 heterocycles. The highest BCUT2D eigenvalue weighted by Gasteiger charge is 2.30. The summed E-state index contributed by atoms with van der Waals surface area (Å²) in [5.74, 6) is 2.41. The van der Waals surface area contributed by atoms with Gasteiger partial charge in [0.1, 0.15) is 5.76 Å². The minimum Gasteiger partial charge on any atom is -0.361 e. The number of likely N-dealkylation sites (tertiary alicyclic amines) is 1. The van der Waals surface area contributed by atoms with E-state index >= 15 is 0 Å². The lowest BCUT2D eigenvalue weighted by Gasteiger charge is -2.33. The van der Waals surface area contributed by atoms with Crippen molar-refractivity contribution in [3.05, 3.63) is 28.7 Å². The molecule has 1 aliphatic rings. The maximum absolute atomic E-state index is 12.9. The number of aryl methyl sites for hydroxylation is 3. The maximum Gasteiger partial charge on any atom is 0.226 e. The van der Waals surface area contributed by atoms with Gasteiger partial charge in [-0.1, -0.05) is 24.2 Å². The first-order chi connectivity index (χ1) is 12.0. The second kappa shape index (κ2) is 7.37. The molecule has 0 saturated carbocycles. The normalized spacial score (nSPS) is 19.2. The lowest BCUT2D eigenvalue weighted by atomic mass is 9.94. The first-order valence-electron chi connectivity index (χ1n) is 9.02. The van der Waals surface area contributed by atoms with Gasteiger partial charge in [0, 0.05) is 36.9 Å². The average molecular weight is 346 g/mol. The zero-order valence-corrected chi connectivity index (χ0v) is 15.4. The second-order valence-electron chi connectivity index (χ2n) is 6.93. The Hall–Kier alpha value is -2.18. The predicted molar refractivity (Wildman–Crippen MR) is 91.1 cm³/mol. The zero-order chi connectivity index (χ0) is 18.0. The van der Waals surface area contributed by atoms with E-state index in [0.717, 1.165) is 48.6 Å². The van der Waals surface area contributed by atoms with Crippen LogP contribution in [0.3, 0.4) is 0 Å². The fourth-order valence-corrected chi connectivity index (χ4v) is 3.46.